The summed E-state index contributed by atoms with van der Waals surface area (Å²) in [7, 11) is -3.63. The van der Waals surface area contributed by atoms with Crippen molar-refractivity contribution in [3.05, 3.63) is 47.8 Å². The Morgan fingerprint density at radius 3 is 2.21 bits per heavy atom. The van der Waals surface area contributed by atoms with Crippen LogP contribution in [0.15, 0.2) is 41.4 Å². The summed E-state index contributed by atoms with van der Waals surface area (Å²) in [5.74, 6) is -1.57. The molecule has 156 valence electrons. The number of ketones is 1. The molecule has 0 fully saturated rings. The third kappa shape index (κ3) is 6.00. The summed E-state index contributed by atoms with van der Waals surface area (Å²) in [6.45, 7) is 6.18. The second kappa shape index (κ2) is 9.01. The number of aromatic nitrogens is 1. The molecule has 0 saturated heterocycles. The lowest BCUT2D eigenvalue weighted by atomic mass is 10.2. The van der Waals surface area contributed by atoms with Gasteiger partial charge in [-0.3, -0.25) is 9.59 Å². The van der Waals surface area contributed by atoms with E-state index in [0.717, 1.165) is 0 Å². The SMILES string of the molecule is CC(=O)c1c[nH]c(C(=O)O[C@@H](C)C(=O)Nc2ccc(S(=O)(=O)NC(C)C)cc2)c1. The van der Waals surface area contributed by atoms with E-state index in [2.05, 4.69) is 15.0 Å². The summed E-state index contributed by atoms with van der Waals surface area (Å²) < 4.78 is 31.8. The van der Waals surface area contributed by atoms with Crippen molar-refractivity contribution in [2.45, 2.75) is 44.7 Å². The molecule has 0 aliphatic heterocycles. The fraction of sp³-hybridized carbons (Fsp3) is 0.316. The molecule has 0 bridgehead atoms. The molecule has 3 N–H and O–H groups in total. The third-order valence-electron chi connectivity index (χ3n) is 3.79. The predicted octanol–water partition coefficient (Wildman–Crippen LogP) is 2.09. The van der Waals surface area contributed by atoms with Gasteiger partial charge in [-0.05, 0) is 58.0 Å². The number of benzene rings is 1. The van der Waals surface area contributed by atoms with Crippen LogP contribution in [0.2, 0.25) is 0 Å². The lowest BCUT2D eigenvalue weighted by Gasteiger charge is -2.14. The molecule has 10 heteroatoms. The molecule has 0 aliphatic rings. The molecule has 0 spiro atoms. The molecule has 0 aliphatic carbocycles. The van der Waals surface area contributed by atoms with Crippen LogP contribution in [0.3, 0.4) is 0 Å². The Labute approximate surface area is 168 Å². The first-order valence-electron chi connectivity index (χ1n) is 8.83. The van der Waals surface area contributed by atoms with Crippen molar-refractivity contribution in [2.75, 3.05) is 5.32 Å². The zero-order chi connectivity index (χ0) is 21.8. The van der Waals surface area contributed by atoms with Gasteiger partial charge in [0.05, 0.1) is 4.90 Å². The van der Waals surface area contributed by atoms with Gasteiger partial charge in [0.2, 0.25) is 10.0 Å². The number of nitrogens with one attached hydrogen (secondary N) is 3. The first-order valence-corrected chi connectivity index (χ1v) is 10.3. The van der Waals surface area contributed by atoms with Gasteiger partial charge in [0.25, 0.3) is 5.91 Å². The molecular weight excluding hydrogens is 398 g/mol. The maximum atomic E-state index is 12.2. The largest absolute Gasteiger partial charge is 0.448 e. The number of sulfonamides is 1. The molecule has 0 saturated carbocycles. The molecule has 29 heavy (non-hydrogen) atoms. The van der Waals surface area contributed by atoms with Crippen molar-refractivity contribution in [1.29, 1.82) is 0 Å². The van der Waals surface area contributed by atoms with E-state index in [1.807, 2.05) is 0 Å². The lowest BCUT2D eigenvalue weighted by molar-refractivity contribution is -0.123. The Bertz CT molecular complexity index is 1010. The Balaban J connectivity index is 1.98. The maximum Gasteiger partial charge on any atom is 0.355 e. The number of carbonyl (C=O) groups is 3. The van der Waals surface area contributed by atoms with E-state index in [1.54, 1.807) is 13.8 Å². The first-order chi connectivity index (χ1) is 13.5. The molecule has 1 amide bonds. The Morgan fingerprint density at radius 2 is 1.69 bits per heavy atom. The molecule has 9 nitrogen and oxygen atoms in total. The van der Waals surface area contributed by atoms with Gasteiger partial charge in [-0.1, -0.05) is 0 Å². The summed E-state index contributed by atoms with van der Waals surface area (Å²) >= 11 is 0. The number of rotatable bonds is 8. The minimum absolute atomic E-state index is 0.0575. The summed E-state index contributed by atoms with van der Waals surface area (Å²) in [6, 6.07) is 6.69. The van der Waals surface area contributed by atoms with Crippen LogP contribution in [0, 0.1) is 0 Å². The lowest BCUT2D eigenvalue weighted by Crippen LogP contribution is -2.30. The van der Waals surface area contributed by atoms with Crippen molar-refractivity contribution < 1.29 is 27.5 Å². The van der Waals surface area contributed by atoms with Crippen LogP contribution >= 0.6 is 0 Å². The number of hydrogen-bond donors (Lipinski definition) is 3. The van der Waals surface area contributed by atoms with E-state index in [-0.39, 0.29) is 22.4 Å². The van der Waals surface area contributed by atoms with E-state index in [1.165, 1.54) is 50.4 Å². The second-order valence-electron chi connectivity index (χ2n) is 6.70. The van der Waals surface area contributed by atoms with Gasteiger partial charge in [0, 0.05) is 23.5 Å². The summed E-state index contributed by atoms with van der Waals surface area (Å²) in [6.07, 6.45) is 0.269. The molecule has 1 atom stereocenters. The van der Waals surface area contributed by atoms with Gasteiger partial charge in [-0.25, -0.2) is 17.9 Å². The zero-order valence-corrected chi connectivity index (χ0v) is 17.3. The smallest absolute Gasteiger partial charge is 0.355 e. The number of anilines is 1. The fourth-order valence-electron chi connectivity index (χ4n) is 2.33. The number of Topliss-reactive ketones (excluding diaryl/α,β-unsaturated/α-hetero) is 1. The van der Waals surface area contributed by atoms with Crippen LogP contribution in [-0.2, 0) is 19.6 Å². The maximum absolute atomic E-state index is 12.2. The van der Waals surface area contributed by atoms with Gasteiger partial charge >= 0.3 is 5.97 Å². The number of hydrogen-bond acceptors (Lipinski definition) is 6. The van der Waals surface area contributed by atoms with Crippen LogP contribution in [0.1, 0.15) is 48.5 Å². The van der Waals surface area contributed by atoms with Crippen molar-refractivity contribution in [2.24, 2.45) is 0 Å². The fourth-order valence-corrected chi connectivity index (χ4v) is 3.58. The number of amides is 1. The number of esters is 1. The molecule has 0 unspecified atom stereocenters. The summed E-state index contributed by atoms with van der Waals surface area (Å²) in [5.41, 5.74) is 0.734. The van der Waals surface area contributed by atoms with E-state index in [4.69, 9.17) is 4.74 Å². The average Bonchev–Trinajstić information content (AvgIpc) is 3.11. The van der Waals surface area contributed by atoms with E-state index in [9.17, 15) is 22.8 Å². The molecule has 1 heterocycles. The van der Waals surface area contributed by atoms with Crippen LogP contribution in [0.5, 0.6) is 0 Å². The highest BCUT2D eigenvalue weighted by molar-refractivity contribution is 7.89. The first kappa shape index (κ1) is 22.3. The van der Waals surface area contributed by atoms with Crippen molar-refractivity contribution >= 4 is 33.4 Å². The molecule has 2 rings (SSSR count). The average molecular weight is 421 g/mol. The van der Waals surface area contributed by atoms with Crippen LogP contribution in [0.4, 0.5) is 5.69 Å². The monoisotopic (exact) mass is 421 g/mol. The Morgan fingerprint density at radius 1 is 1.07 bits per heavy atom. The van der Waals surface area contributed by atoms with E-state index < -0.39 is 28.0 Å². The number of aromatic amines is 1. The Hall–Kier alpha value is -2.98. The van der Waals surface area contributed by atoms with Crippen molar-refractivity contribution in [3.8, 4) is 0 Å². The summed E-state index contributed by atoms with van der Waals surface area (Å²) in [5, 5.41) is 2.55. The van der Waals surface area contributed by atoms with E-state index in [0.29, 0.717) is 11.3 Å². The normalized spacial score (nSPS) is 12.4. The standard InChI is InChI=1S/C19H23N3O6S/c1-11(2)22-29(26,27)16-7-5-15(6-8-16)21-18(24)13(4)28-19(25)17-9-14(10-20-17)12(3)23/h5-11,13,20,22H,1-4H3,(H,21,24)/t13-/m0/s1. The second-order valence-corrected chi connectivity index (χ2v) is 8.41. The third-order valence-corrected chi connectivity index (χ3v) is 5.46. The quantitative estimate of drug-likeness (QED) is 0.441. The van der Waals surface area contributed by atoms with Gasteiger partial charge in [-0.15, -0.1) is 0 Å². The highest BCUT2D eigenvalue weighted by atomic mass is 32.2. The minimum atomic E-state index is -3.63. The van der Waals surface area contributed by atoms with Gasteiger partial charge in [-0.2, -0.15) is 0 Å². The van der Waals surface area contributed by atoms with Crippen molar-refractivity contribution in [1.82, 2.24) is 9.71 Å². The molecular formula is C19H23N3O6S. The highest BCUT2D eigenvalue weighted by Gasteiger charge is 2.21. The van der Waals surface area contributed by atoms with E-state index >= 15 is 0 Å². The molecule has 1 aromatic heterocycles. The van der Waals surface area contributed by atoms with Crippen molar-refractivity contribution in [3.63, 3.8) is 0 Å². The van der Waals surface area contributed by atoms with Crippen LogP contribution < -0.4 is 10.0 Å². The highest BCUT2D eigenvalue weighted by Crippen LogP contribution is 2.15. The molecule has 1 aromatic carbocycles. The Kier molecular flexibility index (Phi) is 6.93. The number of ether oxygens (including phenoxy) is 1. The number of H-pyrrole nitrogens is 1. The van der Waals surface area contributed by atoms with Crippen LogP contribution in [-0.4, -0.2) is 43.2 Å². The topological polar surface area (TPSA) is 134 Å². The zero-order valence-electron chi connectivity index (χ0n) is 16.5. The summed E-state index contributed by atoms with van der Waals surface area (Å²) in [4.78, 5) is 38.3. The number of carbonyl (C=O) groups excluding carboxylic acids is 3. The van der Waals surface area contributed by atoms with Crippen LogP contribution in [0.25, 0.3) is 0 Å². The van der Waals surface area contributed by atoms with Gasteiger partial charge < -0.3 is 15.0 Å². The molecule has 2 aromatic rings. The predicted molar refractivity (Wildman–Crippen MR) is 106 cm³/mol. The van der Waals surface area contributed by atoms with Gasteiger partial charge in [0.1, 0.15) is 5.69 Å². The molecule has 0 radical (unpaired) electrons. The van der Waals surface area contributed by atoms with Gasteiger partial charge in [0.15, 0.2) is 11.9 Å². The minimum Gasteiger partial charge on any atom is -0.448 e.